The first-order valence-corrected chi connectivity index (χ1v) is 8.94. The van der Waals surface area contributed by atoms with Crippen molar-refractivity contribution in [2.24, 2.45) is 5.41 Å². The van der Waals surface area contributed by atoms with Gasteiger partial charge in [0.25, 0.3) is 0 Å². The molecule has 4 rings (SSSR count). The molecule has 0 saturated heterocycles. The average Bonchev–Trinajstić information content (AvgIpc) is 2.62. The van der Waals surface area contributed by atoms with Gasteiger partial charge in [-0.1, -0.05) is 60.7 Å². The van der Waals surface area contributed by atoms with Crippen LogP contribution in [0.3, 0.4) is 0 Å². The van der Waals surface area contributed by atoms with Gasteiger partial charge in [-0.15, -0.1) is 0 Å². The highest BCUT2D eigenvalue weighted by molar-refractivity contribution is 5.43. The van der Waals surface area contributed by atoms with Gasteiger partial charge in [0.15, 0.2) is 0 Å². The summed E-state index contributed by atoms with van der Waals surface area (Å²) in [5.74, 6) is 0.346. The Labute approximate surface area is 144 Å². The second kappa shape index (κ2) is 5.95. The lowest BCUT2D eigenvalue weighted by atomic mass is 9.57. The predicted molar refractivity (Wildman–Crippen MR) is 97.8 cm³/mol. The lowest BCUT2D eigenvalue weighted by molar-refractivity contribution is 0.222. The predicted octanol–water partition coefficient (Wildman–Crippen LogP) is 5.56. The van der Waals surface area contributed by atoms with Crippen LogP contribution < -0.4 is 0 Å². The summed E-state index contributed by atoms with van der Waals surface area (Å²) in [6.45, 7) is 4.21. The van der Waals surface area contributed by atoms with Crippen LogP contribution in [0.1, 0.15) is 53.9 Å². The molecule has 0 aromatic heterocycles. The van der Waals surface area contributed by atoms with Crippen molar-refractivity contribution in [3.8, 4) is 6.07 Å². The molecule has 1 fully saturated rings. The molecule has 2 aliphatic rings. The van der Waals surface area contributed by atoms with Gasteiger partial charge in [0.2, 0.25) is 0 Å². The number of hydrogen-bond acceptors (Lipinski definition) is 1. The Kier molecular flexibility index (Phi) is 3.77. The van der Waals surface area contributed by atoms with Crippen LogP contribution in [0, 0.1) is 16.7 Å². The SMILES string of the molecule is C=C1CCC2(C#N)CCc3cc(Cc4ccccc4)ccc3C2C1. The van der Waals surface area contributed by atoms with Crippen LogP contribution in [0.15, 0.2) is 60.7 Å². The quantitative estimate of drug-likeness (QED) is 0.666. The largest absolute Gasteiger partial charge is 0.198 e. The van der Waals surface area contributed by atoms with E-state index in [0.717, 1.165) is 38.5 Å². The van der Waals surface area contributed by atoms with Crippen molar-refractivity contribution in [3.63, 3.8) is 0 Å². The molecule has 120 valence electrons. The summed E-state index contributed by atoms with van der Waals surface area (Å²) < 4.78 is 0. The Morgan fingerprint density at radius 1 is 1.04 bits per heavy atom. The summed E-state index contributed by atoms with van der Waals surface area (Å²) in [4.78, 5) is 0. The Hall–Kier alpha value is -2.33. The molecule has 2 atom stereocenters. The van der Waals surface area contributed by atoms with Gasteiger partial charge in [-0.3, -0.25) is 0 Å². The van der Waals surface area contributed by atoms with Crippen molar-refractivity contribution < 1.29 is 0 Å². The molecule has 0 spiro atoms. The molecule has 0 N–H and O–H groups in total. The molecule has 2 aromatic carbocycles. The topological polar surface area (TPSA) is 23.8 Å². The third kappa shape index (κ3) is 2.57. The highest BCUT2D eigenvalue weighted by Gasteiger charge is 2.45. The zero-order chi connectivity index (χ0) is 16.6. The van der Waals surface area contributed by atoms with Crippen molar-refractivity contribution in [3.05, 3.63) is 82.9 Å². The van der Waals surface area contributed by atoms with Crippen molar-refractivity contribution >= 4 is 0 Å². The fourth-order valence-corrected chi connectivity index (χ4v) is 4.57. The standard InChI is InChI=1S/C23H23N/c1-17-9-11-23(16-24)12-10-20-15-19(7-8-21(20)22(23)13-17)14-18-5-3-2-4-6-18/h2-8,15,22H,1,9-14H2. The van der Waals surface area contributed by atoms with Gasteiger partial charge in [0, 0.05) is 5.92 Å². The van der Waals surface area contributed by atoms with Gasteiger partial charge >= 0.3 is 0 Å². The highest BCUT2D eigenvalue weighted by Crippen LogP contribution is 2.54. The van der Waals surface area contributed by atoms with E-state index >= 15 is 0 Å². The summed E-state index contributed by atoms with van der Waals surface area (Å²) in [6.07, 6.45) is 6.01. The molecule has 24 heavy (non-hydrogen) atoms. The number of hydrogen-bond donors (Lipinski definition) is 0. The maximum atomic E-state index is 9.86. The normalized spacial score (nSPS) is 25.5. The second-order valence-electron chi connectivity index (χ2n) is 7.47. The summed E-state index contributed by atoms with van der Waals surface area (Å²) in [7, 11) is 0. The smallest absolute Gasteiger partial charge is 0.0696 e. The van der Waals surface area contributed by atoms with Crippen molar-refractivity contribution in [1.82, 2.24) is 0 Å². The molecule has 1 nitrogen and oxygen atoms in total. The summed E-state index contributed by atoms with van der Waals surface area (Å²) in [5, 5.41) is 9.86. The Morgan fingerprint density at radius 3 is 2.62 bits per heavy atom. The molecule has 1 heteroatoms. The molecule has 0 bridgehead atoms. The number of nitrogens with zero attached hydrogens (tertiary/aromatic N) is 1. The minimum Gasteiger partial charge on any atom is -0.198 e. The van der Waals surface area contributed by atoms with Gasteiger partial charge in [0.05, 0.1) is 11.5 Å². The molecule has 2 aliphatic carbocycles. The maximum absolute atomic E-state index is 9.86. The molecule has 2 unspecified atom stereocenters. The zero-order valence-corrected chi connectivity index (χ0v) is 14.1. The molecule has 2 aromatic rings. The molecular formula is C23H23N. The fraction of sp³-hybridized carbons (Fsp3) is 0.348. The van der Waals surface area contributed by atoms with Crippen molar-refractivity contribution in [2.75, 3.05) is 0 Å². The van der Waals surface area contributed by atoms with Crippen LogP contribution >= 0.6 is 0 Å². The number of benzene rings is 2. The van der Waals surface area contributed by atoms with Gasteiger partial charge in [-0.05, 0) is 60.8 Å². The van der Waals surface area contributed by atoms with Gasteiger partial charge in [-0.25, -0.2) is 0 Å². The number of nitriles is 1. The van der Waals surface area contributed by atoms with E-state index in [9.17, 15) is 5.26 Å². The summed E-state index contributed by atoms with van der Waals surface area (Å²) in [5.41, 5.74) is 6.74. The van der Waals surface area contributed by atoms with E-state index in [-0.39, 0.29) is 5.41 Å². The minimum atomic E-state index is -0.158. The van der Waals surface area contributed by atoms with E-state index in [4.69, 9.17) is 0 Å². The molecule has 0 aliphatic heterocycles. The number of rotatable bonds is 2. The third-order valence-corrected chi connectivity index (χ3v) is 5.98. The minimum absolute atomic E-state index is 0.158. The first-order chi connectivity index (χ1) is 11.7. The van der Waals surface area contributed by atoms with Gasteiger partial charge < -0.3 is 0 Å². The zero-order valence-electron chi connectivity index (χ0n) is 14.1. The monoisotopic (exact) mass is 313 g/mol. The number of aryl methyl sites for hydroxylation is 1. The van der Waals surface area contributed by atoms with Crippen LogP contribution in [-0.4, -0.2) is 0 Å². The molecular weight excluding hydrogens is 290 g/mol. The first-order valence-electron chi connectivity index (χ1n) is 8.94. The van der Waals surface area contributed by atoms with Crippen LogP contribution in [0.2, 0.25) is 0 Å². The Balaban J connectivity index is 1.67. The Morgan fingerprint density at radius 2 is 1.83 bits per heavy atom. The number of allylic oxidation sites excluding steroid dienone is 1. The van der Waals surface area contributed by atoms with Crippen LogP contribution in [0.5, 0.6) is 0 Å². The maximum Gasteiger partial charge on any atom is 0.0696 e. The fourth-order valence-electron chi connectivity index (χ4n) is 4.57. The summed E-state index contributed by atoms with van der Waals surface area (Å²) in [6, 6.07) is 20.3. The second-order valence-corrected chi connectivity index (χ2v) is 7.47. The van der Waals surface area contributed by atoms with E-state index in [1.54, 1.807) is 0 Å². The van der Waals surface area contributed by atoms with Gasteiger partial charge in [0.1, 0.15) is 0 Å². The van der Waals surface area contributed by atoms with E-state index in [1.165, 1.54) is 27.8 Å². The van der Waals surface area contributed by atoms with Crippen molar-refractivity contribution in [1.29, 1.82) is 5.26 Å². The first kappa shape index (κ1) is 15.2. The lowest BCUT2D eigenvalue weighted by Crippen LogP contribution is -2.35. The van der Waals surface area contributed by atoms with E-state index < -0.39 is 0 Å². The van der Waals surface area contributed by atoms with Crippen LogP contribution in [-0.2, 0) is 12.8 Å². The van der Waals surface area contributed by atoms with Gasteiger partial charge in [-0.2, -0.15) is 5.26 Å². The van der Waals surface area contributed by atoms with Crippen LogP contribution in [0.25, 0.3) is 0 Å². The summed E-state index contributed by atoms with van der Waals surface area (Å²) >= 11 is 0. The molecule has 1 saturated carbocycles. The molecule has 0 heterocycles. The van der Waals surface area contributed by atoms with Crippen molar-refractivity contribution in [2.45, 2.75) is 44.4 Å². The van der Waals surface area contributed by atoms with E-state index in [2.05, 4.69) is 61.2 Å². The van der Waals surface area contributed by atoms with E-state index in [1.807, 2.05) is 0 Å². The van der Waals surface area contributed by atoms with E-state index in [0.29, 0.717) is 5.92 Å². The highest BCUT2D eigenvalue weighted by atomic mass is 14.5. The van der Waals surface area contributed by atoms with Crippen LogP contribution in [0.4, 0.5) is 0 Å². The molecule has 0 radical (unpaired) electrons. The molecule has 0 amide bonds. The third-order valence-electron chi connectivity index (χ3n) is 5.98. The average molecular weight is 313 g/mol. The Bertz CT molecular complexity index is 812. The lowest BCUT2D eigenvalue weighted by Gasteiger charge is -2.44. The number of fused-ring (bicyclic) bond motifs is 3.